The Balaban J connectivity index is 1.41. The summed E-state index contributed by atoms with van der Waals surface area (Å²) in [6, 6.07) is 6.57. The molecule has 1 fully saturated rings. The van der Waals surface area contributed by atoms with Gasteiger partial charge in [0.25, 0.3) is 11.2 Å². The van der Waals surface area contributed by atoms with Gasteiger partial charge in [-0.2, -0.15) is 23.1 Å². The number of alkyl halides is 3. The summed E-state index contributed by atoms with van der Waals surface area (Å²) in [4.78, 5) is 35.2. The van der Waals surface area contributed by atoms with E-state index >= 15 is 0 Å². The maximum Gasteiger partial charge on any atom is 0.416 e. The summed E-state index contributed by atoms with van der Waals surface area (Å²) in [5, 5.41) is 15.3. The minimum Gasteiger partial charge on any atom is -0.344 e. The summed E-state index contributed by atoms with van der Waals surface area (Å²) in [6.07, 6.45) is -4.86. The van der Waals surface area contributed by atoms with Crippen molar-refractivity contribution in [1.29, 1.82) is 0 Å². The first kappa shape index (κ1) is 24.5. The minimum atomic E-state index is -4.86. The molecule has 37 heavy (non-hydrogen) atoms. The quantitative estimate of drug-likeness (QED) is 0.212. The summed E-state index contributed by atoms with van der Waals surface area (Å²) in [6.45, 7) is 2.37. The average Bonchev–Trinajstić information content (AvgIpc) is 3.33. The highest BCUT2D eigenvalue weighted by Gasteiger charge is 2.37. The standard InChI is InChI=1S/C22H16F4N6O4S/c1-11-15(22(24,25)26)10-14-17(16(11)32(34)35)37-21(28-19(14)33)31-7-5-30(6-8-31)20-27-18(29-36-20)12-3-2-4-13(23)9-12/h2-4,9-10H,5-8H2,1H3. The van der Waals surface area contributed by atoms with Crippen molar-refractivity contribution in [1.82, 2.24) is 15.1 Å². The van der Waals surface area contributed by atoms with Gasteiger partial charge in [-0.3, -0.25) is 14.9 Å². The third-order valence-electron chi connectivity index (χ3n) is 5.94. The molecule has 0 radical (unpaired) electrons. The van der Waals surface area contributed by atoms with Crippen LogP contribution in [0.1, 0.15) is 11.1 Å². The van der Waals surface area contributed by atoms with E-state index < -0.39 is 44.7 Å². The maximum atomic E-state index is 13.5. The molecule has 0 unspecified atom stereocenters. The predicted octanol–water partition coefficient (Wildman–Crippen LogP) is 4.41. The molecule has 0 atom stereocenters. The third kappa shape index (κ3) is 4.57. The number of nitro benzene ring substituents is 1. The molecule has 5 rings (SSSR count). The molecule has 3 heterocycles. The summed E-state index contributed by atoms with van der Waals surface area (Å²) < 4.78 is 58.9. The van der Waals surface area contributed by atoms with Crippen LogP contribution in [0.15, 0.2) is 39.6 Å². The van der Waals surface area contributed by atoms with Crippen LogP contribution >= 0.6 is 11.3 Å². The number of hydrogen-bond acceptors (Lipinski definition) is 10. The first-order valence-corrected chi connectivity index (χ1v) is 11.6. The van der Waals surface area contributed by atoms with Crippen molar-refractivity contribution in [3.05, 3.63) is 67.7 Å². The molecule has 192 valence electrons. The van der Waals surface area contributed by atoms with Crippen LogP contribution in [0, 0.1) is 22.9 Å². The first-order valence-electron chi connectivity index (χ1n) is 10.8. The molecule has 1 aliphatic heterocycles. The normalized spacial score (nSPS) is 14.4. The Morgan fingerprint density at radius 3 is 2.46 bits per heavy atom. The third-order valence-corrected chi connectivity index (χ3v) is 7.08. The van der Waals surface area contributed by atoms with Gasteiger partial charge in [0.15, 0.2) is 5.13 Å². The Morgan fingerprint density at radius 2 is 1.81 bits per heavy atom. The van der Waals surface area contributed by atoms with Crippen molar-refractivity contribution in [2.24, 2.45) is 0 Å². The lowest BCUT2D eigenvalue weighted by molar-refractivity contribution is -0.383. The van der Waals surface area contributed by atoms with Crippen molar-refractivity contribution in [2.45, 2.75) is 13.1 Å². The molecule has 2 aromatic carbocycles. The van der Waals surface area contributed by atoms with E-state index in [1.54, 1.807) is 15.9 Å². The number of hydrogen-bond donors (Lipinski definition) is 0. The van der Waals surface area contributed by atoms with Crippen LogP contribution in [-0.2, 0) is 6.18 Å². The molecule has 1 aliphatic rings. The van der Waals surface area contributed by atoms with Crippen LogP contribution in [-0.4, -0.2) is 46.2 Å². The van der Waals surface area contributed by atoms with Crippen LogP contribution in [0.3, 0.4) is 0 Å². The number of anilines is 2. The number of rotatable bonds is 4. The van der Waals surface area contributed by atoms with Crippen molar-refractivity contribution in [2.75, 3.05) is 36.0 Å². The molecule has 0 aliphatic carbocycles. The Labute approximate surface area is 208 Å². The number of piperazine rings is 1. The SMILES string of the molecule is Cc1c(C(F)(F)F)cc2c(=O)nc(N3CCN(c4nc(-c5cccc(F)c5)no4)CC3)sc2c1[N+](=O)[O-]. The van der Waals surface area contributed by atoms with E-state index in [4.69, 9.17) is 4.52 Å². The summed E-state index contributed by atoms with van der Waals surface area (Å²) in [7, 11) is 0. The molecule has 0 saturated carbocycles. The van der Waals surface area contributed by atoms with Crippen LogP contribution in [0.2, 0.25) is 0 Å². The zero-order valence-electron chi connectivity index (χ0n) is 19.0. The lowest BCUT2D eigenvalue weighted by Crippen LogP contribution is -2.47. The summed E-state index contributed by atoms with van der Waals surface area (Å²) in [5.74, 6) is -0.225. The lowest BCUT2D eigenvalue weighted by Gasteiger charge is -2.33. The molecular weight excluding hydrogens is 520 g/mol. The number of benzene rings is 2. The fourth-order valence-corrected chi connectivity index (χ4v) is 5.30. The molecule has 10 nitrogen and oxygen atoms in total. The van der Waals surface area contributed by atoms with Gasteiger partial charge in [0, 0.05) is 37.3 Å². The second-order valence-corrected chi connectivity index (χ2v) is 9.19. The Hall–Kier alpha value is -4.14. The Morgan fingerprint density at radius 1 is 1.11 bits per heavy atom. The fraction of sp³-hybridized carbons (Fsp3) is 0.273. The largest absolute Gasteiger partial charge is 0.416 e. The second kappa shape index (κ2) is 9.06. The van der Waals surface area contributed by atoms with Gasteiger partial charge in [-0.1, -0.05) is 28.6 Å². The molecule has 0 N–H and O–H groups in total. The number of halogens is 4. The van der Waals surface area contributed by atoms with Gasteiger partial charge >= 0.3 is 12.2 Å². The fourth-order valence-electron chi connectivity index (χ4n) is 4.09. The molecule has 0 spiro atoms. The Bertz CT molecular complexity index is 1580. The second-order valence-electron chi connectivity index (χ2n) is 8.22. The minimum absolute atomic E-state index is 0.158. The average molecular weight is 536 g/mol. The molecule has 0 bridgehead atoms. The highest BCUT2D eigenvalue weighted by molar-refractivity contribution is 7.22. The zero-order chi connectivity index (χ0) is 26.5. The Kier molecular flexibility index (Phi) is 6.01. The van der Waals surface area contributed by atoms with Gasteiger partial charge in [0.05, 0.1) is 15.9 Å². The molecule has 0 amide bonds. The van der Waals surface area contributed by atoms with Gasteiger partial charge in [-0.15, -0.1) is 0 Å². The highest BCUT2D eigenvalue weighted by Crippen LogP contribution is 2.41. The predicted molar refractivity (Wildman–Crippen MR) is 126 cm³/mol. The van der Waals surface area contributed by atoms with E-state index in [9.17, 15) is 32.5 Å². The van der Waals surface area contributed by atoms with Crippen LogP contribution in [0.25, 0.3) is 21.5 Å². The van der Waals surface area contributed by atoms with Gasteiger partial charge in [0.2, 0.25) is 5.82 Å². The molecule has 2 aromatic heterocycles. The molecule has 1 saturated heterocycles. The maximum absolute atomic E-state index is 13.5. The van der Waals surface area contributed by atoms with Crippen molar-refractivity contribution < 1.29 is 27.0 Å². The molecule has 15 heteroatoms. The highest BCUT2D eigenvalue weighted by atomic mass is 32.1. The number of fused-ring (bicyclic) bond motifs is 1. The molecule has 4 aromatic rings. The van der Waals surface area contributed by atoms with E-state index in [1.165, 1.54) is 18.2 Å². The number of nitrogens with zero attached hydrogens (tertiary/aromatic N) is 6. The van der Waals surface area contributed by atoms with Gasteiger partial charge < -0.3 is 14.3 Å². The van der Waals surface area contributed by atoms with E-state index in [0.717, 1.165) is 18.3 Å². The lowest BCUT2D eigenvalue weighted by atomic mass is 10.0. The number of nitro groups is 1. The van der Waals surface area contributed by atoms with E-state index in [-0.39, 0.29) is 21.7 Å². The van der Waals surface area contributed by atoms with E-state index in [0.29, 0.717) is 37.8 Å². The van der Waals surface area contributed by atoms with Crippen LogP contribution in [0.5, 0.6) is 0 Å². The van der Waals surface area contributed by atoms with Crippen molar-refractivity contribution >= 4 is 38.3 Å². The van der Waals surface area contributed by atoms with Crippen molar-refractivity contribution in [3.8, 4) is 11.4 Å². The van der Waals surface area contributed by atoms with Crippen molar-refractivity contribution in [3.63, 3.8) is 0 Å². The van der Waals surface area contributed by atoms with E-state index in [2.05, 4.69) is 15.1 Å². The van der Waals surface area contributed by atoms with Gasteiger partial charge in [0.1, 0.15) is 10.5 Å². The molecular formula is C22H16F4N6O4S. The first-order chi connectivity index (χ1) is 17.5. The topological polar surface area (TPSA) is 119 Å². The monoisotopic (exact) mass is 536 g/mol. The van der Waals surface area contributed by atoms with E-state index in [1.807, 2.05) is 0 Å². The smallest absolute Gasteiger partial charge is 0.344 e. The van der Waals surface area contributed by atoms with Crippen LogP contribution < -0.4 is 15.4 Å². The van der Waals surface area contributed by atoms with Crippen LogP contribution in [0.4, 0.5) is 34.4 Å². The zero-order valence-corrected chi connectivity index (χ0v) is 19.8. The number of aromatic nitrogens is 3. The van der Waals surface area contributed by atoms with Gasteiger partial charge in [-0.05, 0) is 25.1 Å². The summed E-state index contributed by atoms with van der Waals surface area (Å²) in [5.41, 5.74) is -3.09. The summed E-state index contributed by atoms with van der Waals surface area (Å²) >= 11 is 0.796. The van der Waals surface area contributed by atoms with Gasteiger partial charge in [-0.25, -0.2) is 4.39 Å².